The van der Waals surface area contributed by atoms with Gasteiger partial charge in [0, 0.05) is 6.04 Å². The largest absolute Gasteiger partial charge is 0.481 e. The van der Waals surface area contributed by atoms with E-state index in [0.29, 0.717) is 5.56 Å². The van der Waals surface area contributed by atoms with Gasteiger partial charge in [-0.2, -0.15) is 13.2 Å². The van der Waals surface area contributed by atoms with Gasteiger partial charge in [-0.05, 0) is 12.5 Å². The van der Waals surface area contributed by atoms with Gasteiger partial charge in [-0.15, -0.1) is 0 Å². The van der Waals surface area contributed by atoms with E-state index in [1.165, 1.54) is 6.92 Å². The van der Waals surface area contributed by atoms with Gasteiger partial charge >= 0.3 is 12.1 Å². The number of halogens is 3. The minimum atomic E-state index is -4.69. The minimum Gasteiger partial charge on any atom is -0.481 e. The predicted molar refractivity (Wildman–Crippen MR) is 70.5 cm³/mol. The van der Waals surface area contributed by atoms with E-state index >= 15 is 0 Å². The van der Waals surface area contributed by atoms with E-state index < -0.39 is 36.6 Å². The molecule has 7 heteroatoms. The van der Waals surface area contributed by atoms with Gasteiger partial charge in [0.05, 0.1) is 25.0 Å². The van der Waals surface area contributed by atoms with Crippen LogP contribution >= 0.6 is 0 Å². The molecule has 0 aliphatic carbocycles. The summed E-state index contributed by atoms with van der Waals surface area (Å²) >= 11 is 0. The smallest absolute Gasteiger partial charge is 0.394 e. The molecule has 3 atom stereocenters. The standard InChI is InChI=1S/C14H18F3NO3/c1-9(18)13(11(7-12(19)20)14(15,16)17)21-8-10-5-3-2-4-6-10/h2-6,9,11,13H,7-8,18H2,1H3,(H,19,20)/t9-,11+,13+/m0/s1. The Morgan fingerprint density at radius 2 is 1.90 bits per heavy atom. The third-order valence-corrected chi connectivity index (χ3v) is 3.02. The number of alkyl halides is 3. The van der Waals surface area contributed by atoms with Crippen LogP contribution in [0.25, 0.3) is 0 Å². The van der Waals surface area contributed by atoms with Crippen molar-refractivity contribution < 1.29 is 27.8 Å². The molecular formula is C14H18F3NO3. The number of nitrogens with two attached hydrogens (primary N) is 1. The molecule has 0 unspecified atom stereocenters. The quantitative estimate of drug-likeness (QED) is 0.812. The van der Waals surface area contributed by atoms with Crippen molar-refractivity contribution in [2.75, 3.05) is 0 Å². The first-order valence-corrected chi connectivity index (χ1v) is 6.41. The third kappa shape index (κ3) is 5.73. The van der Waals surface area contributed by atoms with Crippen molar-refractivity contribution in [3.8, 4) is 0 Å². The summed E-state index contributed by atoms with van der Waals surface area (Å²) in [6.07, 6.45) is -7.17. The number of carbonyl (C=O) groups is 1. The van der Waals surface area contributed by atoms with Crippen molar-refractivity contribution in [1.29, 1.82) is 0 Å². The van der Waals surface area contributed by atoms with Crippen LogP contribution in [-0.4, -0.2) is 29.4 Å². The maximum Gasteiger partial charge on any atom is 0.394 e. The van der Waals surface area contributed by atoms with E-state index in [-0.39, 0.29) is 6.61 Å². The molecule has 1 aromatic rings. The second kappa shape index (κ2) is 7.42. The van der Waals surface area contributed by atoms with Gasteiger partial charge in [0.15, 0.2) is 0 Å². The lowest BCUT2D eigenvalue weighted by Crippen LogP contribution is -2.46. The van der Waals surface area contributed by atoms with Crippen LogP contribution in [0.4, 0.5) is 13.2 Å². The van der Waals surface area contributed by atoms with Crippen LogP contribution in [0.1, 0.15) is 18.9 Å². The number of ether oxygens (including phenoxy) is 1. The molecule has 0 aliphatic rings. The van der Waals surface area contributed by atoms with Gasteiger partial charge in [-0.3, -0.25) is 4.79 Å². The number of aliphatic carboxylic acids is 1. The monoisotopic (exact) mass is 305 g/mol. The zero-order valence-corrected chi connectivity index (χ0v) is 11.5. The average Bonchev–Trinajstić information content (AvgIpc) is 2.37. The molecule has 0 spiro atoms. The zero-order valence-electron chi connectivity index (χ0n) is 11.5. The van der Waals surface area contributed by atoms with Crippen LogP contribution in [0.5, 0.6) is 0 Å². The van der Waals surface area contributed by atoms with Crippen molar-refractivity contribution in [3.63, 3.8) is 0 Å². The van der Waals surface area contributed by atoms with Crippen LogP contribution in [0, 0.1) is 5.92 Å². The number of hydrogen-bond acceptors (Lipinski definition) is 3. The predicted octanol–water partition coefficient (Wildman–Crippen LogP) is 2.57. The van der Waals surface area contributed by atoms with Gasteiger partial charge in [0.2, 0.25) is 0 Å². The molecule has 0 amide bonds. The Bertz CT molecular complexity index is 449. The fourth-order valence-corrected chi connectivity index (χ4v) is 2.01. The summed E-state index contributed by atoms with van der Waals surface area (Å²) in [5, 5.41) is 8.67. The van der Waals surface area contributed by atoms with E-state index in [1.54, 1.807) is 30.3 Å². The number of carboxylic acid groups (broad SMARTS) is 1. The van der Waals surface area contributed by atoms with Crippen molar-refractivity contribution in [3.05, 3.63) is 35.9 Å². The van der Waals surface area contributed by atoms with Gasteiger partial charge in [0.1, 0.15) is 0 Å². The number of hydrogen-bond donors (Lipinski definition) is 2. The van der Waals surface area contributed by atoms with E-state index in [0.717, 1.165) is 0 Å². The van der Waals surface area contributed by atoms with Crippen LogP contribution in [0.2, 0.25) is 0 Å². The highest BCUT2D eigenvalue weighted by molar-refractivity contribution is 5.67. The lowest BCUT2D eigenvalue weighted by atomic mass is 9.93. The molecule has 0 heterocycles. The Hall–Kier alpha value is -1.60. The summed E-state index contributed by atoms with van der Waals surface area (Å²) in [5.41, 5.74) is 6.25. The Balaban J connectivity index is 2.84. The van der Waals surface area contributed by atoms with Crippen LogP contribution < -0.4 is 5.73 Å². The molecule has 0 saturated carbocycles. The first-order chi connectivity index (χ1) is 9.71. The zero-order chi connectivity index (χ0) is 16.0. The molecule has 0 aliphatic heterocycles. The topological polar surface area (TPSA) is 72.5 Å². The first-order valence-electron chi connectivity index (χ1n) is 6.41. The highest BCUT2D eigenvalue weighted by Crippen LogP contribution is 2.34. The number of benzene rings is 1. The lowest BCUT2D eigenvalue weighted by Gasteiger charge is -2.30. The molecule has 21 heavy (non-hydrogen) atoms. The Morgan fingerprint density at radius 3 is 2.33 bits per heavy atom. The Kier molecular flexibility index (Phi) is 6.17. The van der Waals surface area contributed by atoms with Crippen LogP contribution in [0.3, 0.4) is 0 Å². The molecule has 1 rings (SSSR count). The third-order valence-electron chi connectivity index (χ3n) is 3.02. The summed E-state index contributed by atoms with van der Waals surface area (Å²) in [7, 11) is 0. The molecule has 0 aromatic heterocycles. The second-order valence-corrected chi connectivity index (χ2v) is 4.87. The molecule has 4 nitrogen and oxygen atoms in total. The molecule has 3 N–H and O–H groups in total. The van der Waals surface area contributed by atoms with Crippen molar-refractivity contribution >= 4 is 5.97 Å². The average molecular weight is 305 g/mol. The van der Waals surface area contributed by atoms with E-state index in [9.17, 15) is 18.0 Å². The molecular weight excluding hydrogens is 287 g/mol. The highest BCUT2D eigenvalue weighted by atomic mass is 19.4. The lowest BCUT2D eigenvalue weighted by molar-refractivity contribution is -0.216. The summed E-state index contributed by atoms with van der Waals surface area (Å²) in [4.78, 5) is 10.7. The van der Waals surface area contributed by atoms with E-state index in [2.05, 4.69) is 0 Å². The molecule has 118 valence electrons. The Labute approximate surface area is 120 Å². The van der Waals surface area contributed by atoms with Crippen molar-refractivity contribution in [1.82, 2.24) is 0 Å². The molecule has 0 bridgehead atoms. The molecule has 1 aromatic carbocycles. The maximum atomic E-state index is 13.0. The minimum absolute atomic E-state index is 0.0563. The fraction of sp³-hybridized carbons (Fsp3) is 0.500. The summed E-state index contributed by atoms with van der Waals surface area (Å²) < 4.78 is 44.3. The van der Waals surface area contributed by atoms with Gasteiger partial charge in [0.25, 0.3) is 0 Å². The summed E-state index contributed by atoms with van der Waals surface area (Å²) in [5.74, 6) is -3.68. The molecule has 0 radical (unpaired) electrons. The van der Waals surface area contributed by atoms with Crippen LogP contribution in [-0.2, 0) is 16.1 Å². The van der Waals surface area contributed by atoms with E-state index in [4.69, 9.17) is 15.6 Å². The number of rotatable bonds is 7. The maximum absolute atomic E-state index is 13.0. The second-order valence-electron chi connectivity index (χ2n) is 4.87. The van der Waals surface area contributed by atoms with Crippen LogP contribution in [0.15, 0.2) is 30.3 Å². The van der Waals surface area contributed by atoms with Crippen molar-refractivity contribution in [2.24, 2.45) is 11.7 Å². The van der Waals surface area contributed by atoms with Gasteiger partial charge in [-0.25, -0.2) is 0 Å². The van der Waals surface area contributed by atoms with Crippen molar-refractivity contribution in [2.45, 2.75) is 38.3 Å². The first kappa shape index (κ1) is 17.5. The van der Waals surface area contributed by atoms with Gasteiger partial charge in [-0.1, -0.05) is 30.3 Å². The normalized spacial score (nSPS) is 16.2. The van der Waals surface area contributed by atoms with Gasteiger partial charge < -0.3 is 15.6 Å². The highest BCUT2D eigenvalue weighted by Gasteiger charge is 2.47. The summed E-state index contributed by atoms with van der Waals surface area (Å²) in [6, 6.07) is 7.71. The molecule has 0 fully saturated rings. The Morgan fingerprint density at radius 1 is 1.33 bits per heavy atom. The molecule has 0 saturated heterocycles. The summed E-state index contributed by atoms with van der Waals surface area (Å²) in [6.45, 7) is 1.31. The van der Waals surface area contributed by atoms with E-state index in [1.807, 2.05) is 0 Å². The number of carboxylic acids is 1. The SMILES string of the molecule is C[C@H](N)[C@@H](OCc1ccccc1)[C@@H](CC(=O)O)C(F)(F)F. The fourth-order valence-electron chi connectivity index (χ4n) is 2.01.